The molecule has 5 heteroatoms. The molecule has 1 heterocycles. The Hall–Kier alpha value is -3.57. The van der Waals surface area contributed by atoms with E-state index in [1.807, 2.05) is 24.4 Å². The molecule has 0 spiro atoms. The molecule has 3 aromatic carbocycles. The predicted octanol–water partition coefficient (Wildman–Crippen LogP) is 5.29. The Morgan fingerprint density at radius 2 is 1.75 bits per heavy atom. The highest BCUT2D eigenvalue weighted by Gasteiger charge is 2.21. The molecule has 5 nitrogen and oxygen atoms in total. The van der Waals surface area contributed by atoms with E-state index in [2.05, 4.69) is 70.7 Å². The van der Waals surface area contributed by atoms with Crippen molar-refractivity contribution in [2.75, 3.05) is 13.7 Å². The zero-order chi connectivity index (χ0) is 24.9. The van der Waals surface area contributed by atoms with Crippen LogP contribution in [0.3, 0.4) is 0 Å². The summed E-state index contributed by atoms with van der Waals surface area (Å²) in [6.45, 7) is 4.40. The Morgan fingerprint density at radius 3 is 2.50 bits per heavy atom. The van der Waals surface area contributed by atoms with E-state index in [0.29, 0.717) is 18.2 Å². The number of fused-ring (bicyclic) bond motifs is 2. The summed E-state index contributed by atoms with van der Waals surface area (Å²) in [7, 11) is 1.69. The third-order valence-corrected chi connectivity index (χ3v) is 7.24. The van der Waals surface area contributed by atoms with Crippen molar-refractivity contribution in [3.63, 3.8) is 0 Å². The van der Waals surface area contributed by atoms with Gasteiger partial charge in [0.25, 0.3) is 5.91 Å². The van der Waals surface area contributed by atoms with E-state index in [4.69, 9.17) is 4.74 Å². The van der Waals surface area contributed by atoms with Crippen LogP contribution in [0.5, 0.6) is 5.75 Å². The molecule has 4 aromatic rings. The fourth-order valence-electron chi connectivity index (χ4n) is 5.34. The number of hydrogen-bond donors (Lipinski definition) is 2. The zero-order valence-electron chi connectivity index (χ0n) is 21.2. The van der Waals surface area contributed by atoms with Gasteiger partial charge < -0.3 is 19.9 Å². The fraction of sp³-hybridized carbons (Fsp3) is 0.323. The zero-order valence-corrected chi connectivity index (χ0v) is 21.2. The predicted molar refractivity (Wildman–Crippen MR) is 146 cm³/mol. The summed E-state index contributed by atoms with van der Waals surface area (Å²) < 4.78 is 7.84. The number of benzene rings is 3. The van der Waals surface area contributed by atoms with Gasteiger partial charge in [-0.1, -0.05) is 67.6 Å². The van der Waals surface area contributed by atoms with Gasteiger partial charge in [-0.15, -0.1) is 0 Å². The quantitative estimate of drug-likeness (QED) is 0.303. The molecule has 36 heavy (non-hydrogen) atoms. The fourth-order valence-corrected chi connectivity index (χ4v) is 5.34. The van der Waals surface area contributed by atoms with Gasteiger partial charge in [-0.3, -0.25) is 4.79 Å². The molecule has 0 aliphatic heterocycles. The third kappa shape index (κ3) is 5.17. The van der Waals surface area contributed by atoms with E-state index in [1.165, 1.54) is 16.7 Å². The van der Waals surface area contributed by atoms with E-state index < -0.39 is 0 Å². The summed E-state index contributed by atoms with van der Waals surface area (Å²) in [5.41, 5.74) is 6.99. The standard InChI is InChI=1S/C31H35N3O2/c1-3-22-9-6-10-23(17-22)20-33-31(35)28-21-34(30-27(28)13-7-14-29(30)36-2)16-8-15-32-26-18-24-11-4-5-12-25(24)19-26/h4-7,9-14,17,21,26,32H,3,8,15-16,18-20H2,1-2H3,(H,33,35). The molecule has 0 atom stereocenters. The van der Waals surface area contributed by atoms with Gasteiger partial charge in [0.05, 0.1) is 18.2 Å². The number of ether oxygens (including phenoxy) is 1. The van der Waals surface area contributed by atoms with E-state index in [9.17, 15) is 4.79 Å². The highest BCUT2D eigenvalue weighted by atomic mass is 16.5. The van der Waals surface area contributed by atoms with E-state index in [-0.39, 0.29) is 5.91 Å². The highest BCUT2D eigenvalue weighted by molar-refractivity contribution is 6.08. The lowest BCUT2D eigenvalue weighted by molar-refractivity contribution is 0.0952. The average Bonchev–Trinajstić information content (AvgIpc) is 3.51. The van der Waals surface area contributed by atoms with Crippen molar-refractivity contribution in [1.29, 1.82) is 0 Å². The number of hydrogen-bond acceptors (Lipinski definition) is 3. The molecule has 0 saturated carbocycles. The van der Waals surface area contributed by atoms with Crippen molar-refractivity contribution in [2.24, 2.45) is 0 Å². The van der Waals surface area contributed by atoms with Crippen LogP contribution in [0.4, 0.5) is 0 Å². The van der Waals surface area contributed by atoms with Crippen molar-refractivity contribution in [3.8, 4) is 5.75 Å². The molecule has 1 amide bonds. The van der Waals surface area contributed by atoms with Gasteiger partial charge >= 0.3 is 0 Å². The normalized spacial score (nSPS) is 13.2. The molecule has 1 aromatic heterocycles. The lowest BCUT2D eigenvalue weighted by atomic mass is 10.1. The molecule has 1 aliphatic carbocycles. The van der Waals surface area contributed by atoms with Gasteiger partial charge in [-0.05, 0) is 60.5 Å². The molecule has 186 valence electrons. The number of rotatable bonds is 10. The molecule has 1 aliphatic rings. The first-order valence-corrected chi connectivity index (χ1v) is 13.0. The second kappa shape index (κ2) is 11.0. The minimum atomic E-state index is -0.0595. The number of aryl methyl sites for hydroxylation is 2. The maximum atomic E-state index is 13.2. The number of methoxy groups -OCH3 is 1. The van der Waals surface area contributed by atoms with Crippen LogP contribution >= 0.6 is 0 Å². The van der Waals surface area contributed by atoms with Gasteiger partial charge in [0, 0.05) is 30.7 Å². The molecular weight excluding hydrogens is 446 g/mol. The number of carbonyl (C=O) groups excluding carboxylic acids is 1. The minimum Gasteiger partial charge on any atom is -0.495 e. The second-order valence-electron chi connectivity index (χ2n) is 9.63. The molecule has 5 rings (SSSR count). The molecule has 2 N–H and O–H groups in total. The van der Waals surface area contributed by atoms with Crippen LogP contribution in [0, 0.1) is 0 Å². The summed E-state index contributed by atoms with van der Waals surface area (Å²) in [6.07, 6.45) is 6.14. The number of amides is 1. The lowest BCUT2D eigenvalue weighted by Gasteiger charge is -2.13. The molecule has 0 radical (unpaired) electrons. The second-order valence-corrected chi connectivity index (χ2v) is 9.63. The highest BCUT2D eigenvalue weighted by Crippen LogP contribution is 2.30. The first-order chi connectivity index (χ1) is 17.7. The summed E-state index contributed by atoms with van der Waals surface area (Å²) >= 11 is 0. The van der Waals surface area contributed by atoms with Crippen LogP contribution in [-0.4, -0.2) is 30.2 Å². The largest absolute Gasteiger partial charge is 0.495 e. The third-order valence-electron chi connectivity index (χ3n) is 7.24. The van der Waals surface area contributed by atoms with Crippen LogP contribution in [-0.2, 0) is 32.4 Å². The van der Waals surface area contributed by atoms with Crippen LogP contribution in [0.15, 0.2) is 72.9 Å². The number of nitrogens with one attached hydrogen (secondary N) is 2. The maximum absolute atomic E-state index is 13.2. The van der Waals surface area contributed by atoms with Gasteiger partial charge in [-0.25, -0.2) is 0 Å². The summed E-state index contributed by atoms with van der Waals surface area (Å²) in [5, 5.41) is 7.77. The molecule has 0 saturated heterocycles. The molecule has 0 fully saturated rings. The van der Waals surface area contributed by atoms with Crippen LogP contribution in [0.1, 0.15) is 46.0 Å². The molecule has 0 unspecified atom stereocenters. The molecule has 0 bridgehead atoms. The first kappa shape index (κ1) is 24.1. The number of nitrogens with zero attached hydrogens (tertiary/aromatic N) is 1. The Bertz CT molecular complexity index is 1330. The van der Waals surface area contributed by atoms with Crippen molar-refractivity contribution < 1.29 is 9.53 Å². The smallest absolute Gasteiger partial charge is 0.253 e. The van der Waals surface area contributed by atoms with Crippen LogP contribution in [0.2, 0.25) is 0 Å². The lowest BCUT2D eigenvalue weighted by Crippen LogP contribution is -2.30. The van der Waals surface area contributed by atoms with E-state index in [0.717, 1.165) is 61.0 Å². The number of para-hydroxylation sites is 1. The van der Waals surface area contributed by atoms with E-state index in [1.54, 1.807) is 7.11 Å². The Kier molecular flexibility index (Phi) is 7.38. The summed E-state index contributed by atoms with van der Waals surface area (Å²) in [5.74, 6) is 0.733. The molecular formula is C31H35N3O2. The summed E-state index contributed by atoms with van der Waals surface area (Å²) in [4.78, 5) is 13.2. The summed E-state index contributed by atoms with van der Waals surface area (Å²) in [6, 6.07) is 23.5. The van der Waals surface area contributed by atoms with E-state index >= 15 is 0 Å². The maximum Gasteiger partial charge on any atom is 0.253 e. The van der Waals surface area contributed by atoms with Gasteiger partial charge in [0.1, 0.15) is 5.75 Å². The van der Waals surface area contributed by atoms with Crippen LogP contribution in [0.25, 0.3) is 10.9 Å². The Labute approximate surface area is 213 Å². The topological polar surface area (TPSA) is 55.3 Å². The average molecular weight is 482 g/mol. The first-order valence-electron chi connectivity index (χ1n) is 13.0. The number of carbonyl (C=O) groups is 1. The monoisotopic (exact) mass is 481 g/mol. The van der Waals surface area contributed by atoms with Crippen LogP contribution < -0.4 is 15.4 Å². The van der Waals surface area contributed by atoms with Crippen molar-refractivity contribution in [3.05, 3.63) is 101 Å². The number of aromatic nitrogens is 1. The van der Waals surface area contributed by atoms with Gasteiger partial charge in [0.15, 0.2) is 0 Å². The SMILES string of the molecule is CCc1cccc(CNC(=O)c2cn(CCCNC3Cc4ccccc4C3)c3c(OC)cccc23)c1. The Balaban J connectivity index is 1.25. The van der Waals surface area contributed by atoms with Crippen molar-refractivity contribution in [1.82, 2.24) is 15.2 Å². The van der Waals surface area contributed by atoms with Crippen molar-refractivity contribution in [2.45, 2.75) is 51.7 Å². The van der Waals surface area contributed by atoms with Crippen molar-refractivity contribution >= 4 is 16.8 Å². The van der Waals surface area contributed by atoms with Gasteiger partial charge in [-0.2, -0.15) is 0 Å². The van der Waals surface area contributed by atoms with Gasteiger partial charge in [0.2, 0.25) is 0 Å². The minimum absolute atomic E-state index is 0.0595. The Morgan fingerprint density at radius 1 is 1.00 bits per heavy atom.